The molecule has 0 bridgehead atoms. The van der Waals surface area contributed by atoms with Crippen LogP contribution in [0.2, 0.25) is 5.15 Å². The molecule has 17 heavy (non-hydrogen) atoms. The van der Waals surface area contributed by atoms with E-state index in [2.05, 4.69) is 26.2 Å². The molecule has 3 nitrogen and oxygen atoms in total. The van der Waals surface area contributed by atoms with E-state index in [1.54, 1.807) is 12.3 Å². The molecule has 0 saturated carbocycles. The molecule has 0 aliphatic rings. The lowest BCUT2D eigenvalue weighted by Crippen LogP contribution is -2.00. The molecule has 0 amide bonds. The van der Waals surface area contributed by atoms with Gasteiger partial charge in [0.1, 0.15) is 5.75 Å². The Labute approximate surface area is 113 Å². The predicted molar refractivity (Wildman–Crippen MR) is 72.4 cm³/mol. The molecule has 88 valence electrons. The van der Waals surface area contributed by atoms with Crippen LogP contribution in [0.5, 0.6) is 5.75 Å². The second-order valence-corrected chi connectivity index (χ2v) is 4.69. The molecule has 1 aromatic heterocycles. The lowest BCUT2D eigenvalue weighted by atomic mass is 10.2. The van der Waals surface area contributed by atoms with Crippen LogP contribution in [0.15, 0.2) is 41.0 Å². The van der Waals surface area contributed by atoms with Gasteiger partial charge in [-0.1, -0.05) is 17.7 Å². The molecule has 0 atom stereocenters. The van der Waals surface area contributed by atoms with Gasteiger partial charge >= 0.3 is 0 Å². The Morgan fingerprint density at radius 1 is 1.35 bits per heavy atom. The number of phenolic OH excluding ortho intramolecular Hbond substituents is 1. The van der Waals surface area contributed by atoms with E-state index < -0.39 is 0 Å². The van der Waals surface area contributed by atoms with Crippen LogP contribution in [-0.2, 0) is 6.54 Å². The highest BCUT2D eigenvalue weighted by atomic mass is 79.9. The topological polar surface area (TPSA) is 45.1 Å². The SMILES string of the molecule is Oc1ccc(CNc2cccnc2Cl)cc1Br. The van der Waals surface area contributed by atoms with Gasteiger partial charge in [0.05, 0.1) is 10.2 Å². The fourth-order valence-corrected chi connectivity index (χ4v) is 1.99. The molecule has 0 fully saturated rings. The predicted octanol–water partition coefficient (Wildman–Crippen LogP) is 3.82. The molecule has 0 unspecified atom stereocenters. The van der Waals surface area contributed by atoms with Crippen molar-refractivity contribution in [3.8, 4) is 5.75 Å². The molecule has 0 saturated heterocycles. The van der Waals surface area contributed by atoms with Gasteiger partial charge in [-0.3, -0.25) is 0 Å². The van der Waals surface area contributed by atoms with Crippen molar-refractivity contribution < 1.29 is 5.11 Å². The van der Waals surface area contributed by atoms with Crippen LogP contribution in [0.25, 0.3) is 0 Å². The number of phenols is 1. The van der Waals surface area contributed by atoms with Crippen molar-refractivity contribution in [2.75, 3.05) is 5.32 Å². The first-order valence-corrected chi connectivity index (χ1v) is 6.15. The van der Waals surface area contributed by atoms with Gasteiger partial charge in [-0.05, 0) is 45.8 Å². The third-order valence-electron chi connectivity index (χ3n) is 2.25. The highest BCUT2D eigenvalue weighted by Crippen LogP contribution is 2.25. The largest absolute Gasteiger partial charge is 0.507 e. The summed E-state index contributed by atoms with van der Waals surface area (Å²) in [6, 6.07) is 9.03. The molecule has 1 aromatic carbocycles. The number of nitrogens with one attached hydrogen (secondary N) is 1. The molecule has 0 aliphatic heterocycles. The van der Waals surface area contributed by atoms with Crippen molar-refractivity contribution in [1.29, 1.82) is 0 Å². The number of aromatic nitrogens is 1. The first kappa shape index (κ1) is 12.2. The van der Waals surface area contributed by atoms with Gasteiger partial charge in [0.2, 0.25) is 0 Å². The average Bonchev–Trinajstić information content (AvgIpc) is 2.32. The first-order chi connectivity index (χ1) is 8.16. The van der Waals surface area contributed by atoms with Gasteiger partial charge in [-0.2, -0.15) is 0 Å². The van der Waals surface area contributed by atoms with Gasteiger partial charge in [0.25, 0.3) is 0 Å². The number of halogens is 2. The van der Waals surface area contributed by atoms with Crippen LogP contribution in [0.3, 0.4) is 0 Å². The molecule has 2 rings (SSSR count). The molecule has 0 radical (unpaired) electrons. The number of hydrogen-bond donors (Lipinski definition) is 2. The summed E-state index contributed by atoms with van der Waals surface area (Å²) in [6.07, 6.45) is 1.64. The van der Waals surface area contributed by atoms with E-state index in [1.807, 2.05) is 24.3 Å². The molecule has 2 N–H and O–H groups in total. The second-order valence-electron chi connectivity index (χ2n) is 3.48. The summed E-state index contributed by atoms with van der Waals surface area (Å²) in [6.45, 7) is 0.615. The minimum absolute atomic E-state index is 0.230. The van der Waals surface area contributed by atoms with Crippen LogP contribution in [0.1, 0.15) is 5.56 Å². The van der Waals surface area contributed by atoms with Gasteiger partial charge in [0.15, 0.2) is 5.15 Å². The third kappa shape index (κ3) is 3.11. The summed E-state index contributed by atoms with van der Waals surface area (Å²) in [5.41, 5.74) is 1.83. The summed E-state index contributed by atoms with van der Waals surface area (Å²) in [4.78, 5) is 3.98. The number of nitrogens with zero attached hydrogens (tertiary/aromatic N) is 1. The molecule has 0 aliphatic carbocycles. The van der Waals surface area contributed by atoms with E-state index in [0.717, 1.165) is 11.3 Å². The van der Waals surface area contributed by atoms with Crippen molar-refractivity contribution in [3.63, 3.8) is 0 Å². The lowest BCUT2D eigenvalue weighted by molar-refractivity contribution is 0.471. The van der Waals surface area contributed by atoms with Crippen molar-refractivity contribution in [1.82, 2.24) is 4.98 Å². The number of aromatic hydroxyl groups is 1. The van der Waals surface area contributed by atoms with Crippen LogP contribution < -0.4 is 5.32 Å². The number of rotatable bonds is 3. The van der Waals surface area contributed by atoms with E-state index in [1.165, 1.54) is 0 Å². The van der Waals surface area contributed by atoms with Gasteiger partial charge < -0.3 is 10.4 Å². The zero-order valence-corrected chi connectivity index (χ0v) is 11.2. The van der Waals surface area contributed by atoms with E-state index in [9.17, 15) is 5.11 Å². The molecule has 5 heteroatoms. The second kappa shape index (κ2) is 5.38. The van der Waals surface area contributed by atoms with Crippen LogP contribution >= 0.6 is 27.5 Å². The maximum atomic E-state index is 9.37. The van der Waals surface area contributed by atoms with E-state index in [0.29, 0.717) is 16.2 Å². The minimum atomic E-state index is 0.230. The normalized spacial score (nSPS) is 10.2. The van der Waals surface area contributed by atoms with Crippen LogP contribution in [0.4, 0.5) is 5.69 Å². The Balaban J connectivity index is 2.08. The maximum absolute atomic E-state index is 9.37. The van der Waals surface area contributed by atoms with Crippen LogP contribution in [0, 0.1) is 0 Å². The Kier molecular flexibility index (Phi) is 3.86. The van der Waals surface area contributed by atoms with Gasteiger partial charge in [-0.25, -0.2) is 4.98 Å². The number of pyridine rings is 1. The molecular weight excluding hydrogens is 304 g/mol. The number of anilines is 1. The van der Waals surface area contributed by atoms with E-state index in [4.69, 9.17) is 11.6 Å². The minimum Gasteiger partial charge on any atom is -0.507 e. The zero-order valence-electron chi connectivity index (χ0n) is 8.82. The molecule has 0 spiro atoms. The molecule has 2 aromatic rings. The lowest BCUT2D eigenvalue weighted by Gasteiger charge is -2.08. The van der Waals surface area contributed by atoms with Crippen LogP contribution in [-0.4, -0.2) is 10.1 Å². The van der Waals surface area contributed by atoms with Crippen molar-refractivity contribution in [2.45, 2.75) is 6.54 Å². The third-order valence-corrected chi connectivity index (χ3v) is 3.19. The Hall–Kier alpha value is -1.26. The average molecular weight is 314 g/mol. The number of benzene rings is 1. The zero-order chi connectivity index (χ0) is 12.3. The van der Waals surface area contributed by atoms with E-state index in [-0.39, 0.29) is 5.75 Å². The monoisotopic (exact) mass is 312 g/mol. The Morgan fingerprint density at radius 2 is 2.18 bits per heavy atom. The van der Waals surface area contributed by atoms with Gasteiger partial charge in [0, 0.05) is 12.7 Å². The fraction of sp³-hybridized carbons (Fsp3) is 0.0833. The maximum Gasteiger partial charge on any atom is 0.152 e. The highest BCUT2D eigenvalue weighted by molar-refractivity contribution is 9.10. The Bertz CT molecular complexity index is 534. The summed E-state index contributed by atoms with van der Waals surface area (Å²) in [5, 5.41) is 13.0. The standard InChI is InChI=1S/C12H10BrClN2O/c13-9-6-8(3-4-11(9)17)7-16-10-2-1-5-15-12(10)14/h1-6,16-17H,7H2. The van der Waals surface area contributed by atoms with Crippen molar-refractivity contribution in [3.05, 3.63) is 51.7 Å². The van der Waals surface area contributed by atoms with E-state index >= 15 is 0 Å². The Morgan fingerprint density at radius 3 is 2.88 bits per heavy atom. The molecule has 1 heterocycles. The summed E-state index contributed by atoms with van der Waals surface area (Å²) in [5.74, 6) is 0.230. The molecular formula is C12H10BrClN2O. The summed E-state index contributed by atoms with van der Waals surface area (Å²) in [7, 11) is 0. The van der Waals surface area contributed by atoms with Gasteiger partial charge in [-0.15, -0.1) is 0 Å². The first-order valence-electron chi connectivity index (χ1n) is 4.98. The number of hydrogen-bond acceptors (Lipinski definition) is 3. The highest BCUT2D eigenvalue weighted by Gasteiger charge is 2.02. The smallest absolute Gasteiger partial charge is 0.152 e. The van der Waals surface area contributed by atoms with Crippen molar-refractivity contribution >= 4 is 33.2 Å². The van der Waals surface area contributed by atoms with Crippen molar-refractivity contribution in [2.24, 2.45) is 0 Å². The quantitative estimate of drug-likeness (QED) is 0.847. The summed E-state index contributed by atoms with van der Waals surface area (Å²) >= 11 is 9.19. The summed E-state index contributed by atoms with van der Waals surface area (Å²) < 4.78 is 0.675. The fourth-order valence-electron chi connectivity index (χ4n) is 1.38.